The van der Waals surface area contributed by atoms with Gasteiger partial charge in [0.2, 0.25) is 0 Å². The van der Waals surface area contributed by atoms with E-state index in [1.54, 1.807) is 0 Å². The van der Waals surface area contributed by atoms with Crippen LogP contribution in [-0.4, -0.2) is 0 Å². The summed E-state index contributed by atoms with van der Waals surface area (Å²) in [6.45, 7) is 0. The highest BCUT2D eigenvalue weighted by Crippen LogP contribution is 2.33. The van der Waals surface area contributed by atoms with Gasteiger partial charge >= 0.3 is 0 Å². The fourth-order valence-corrected chi connectivity index (χ4v) is 1.62. The number of hydrogen-bond donors (Lipinski definition) is 0. The molecule has 3 nitrogen and oxygen atoms in total. The van der Waals surface area contributed by atoms with E-state index in [1.165, 1.54) is 11.9 Å². The Hall–Kier alpha value is -0.870. The van der Waals surface area contributed by atoms with Gasteiger partial charge in [0.05, 0.1) is 0 Å². The molecule has 0 aromatic heterocycles. The Morgan fingerprint density at radius 1 is 1.36 bits per heavy atom. The lowest BCUT2D eigenvalue weighted by Gasteiger charge is -2.12. The van der Waals surface area contributed by atoms with Gasteiger partial charge in [0.1, 0.15) is 0 Å². The molecule has 0 amide bonds. The molecule has 4 heteroatoms. The van der Waals surface area contributed by atoms with Crippen LogP contribution in [0.4, 0.5) is 0 Å². The Bertz CT molecular complexity index is 297. The van der Waals surface area contributed by atoms with Gasteiger partial charge in [-0.1, -0.05) is 18.2 Å². The van der Waals surface area contributed by atoms with Crippen molar-refractivity contribution >= 4 is 11.9 Å². The summed E-state index contributed by atoms with van der Waals surface area (Å²) in [7, 11) is 0. The highest BCUT2D eigenvalue weighted by molar-refractivity contribution is 7.98. The summed E-state index contributed by atoms with van der Waals surface area (Å²) in [6, 6.07) is 7.74. The maximum atomic E-state index is 7.48. The molecule has 55 valence electrons. The number of rotatable bonds is 0. The van der Waals surface area contributed by atoms with E-state index in [2.05, 4.69) is 9.63 Å². The average molecular weight is 164 g/mol. The number of nitrogens with one attached hydrogen (secondary N) is 1. The lowest BCUT2D eigenvalue weighted by atomic mass is 10.2. The first-order valence-electron chi connectivity index (χ1n) is 3.25. The van der Waals surface area contributed by atoms with E-state index < -0.39 is 6.17 Å². The number of benzene rings is 1. The second-order valence-corrected chi connectivity index (χ2v) is 3.01. The van der Waals surface area contributed by atoms with Crippen molar-refractivity contribution < 1.29 is 0 Å². The fourth-order valence-electron chi connectivity index (χ4n) is 0.966. The monoisotopic (exact) mass is 164 g/mol. The molecule has 0 spiro atoms. The van der Waals surface area contributed by atoms with Gasteiger partial charge in [-0.2, -0.15) is 5.11 Å². The molecule has 11 heavy (non-hydrogen) atoms. The maximum absolute atomic E-state index is 7.48. The van der Waals surface area contributed by atoms with Crippen LogP contribution in [0.15, 0.2) is 38.8 Å². The summed E-state index contributed by atoms with van der Waals surface area (Å²) < 4.78 is 3.75. The predicted molar refractivity (Wildman–Crippen MR) is 43.0 cm³/mol. The van der Waals surface area contributed by atoms with Gasteiger partial charge in [0, 0.05) is 22.4 Å². The van der Waals surface area contributed by atoms with E-state index in [0.717, 1.165) is 10.5 Å². The molecule has 1 aromatic rings. The third kappa shape index (κ3) is 1.15. The zero-order valence-corrected chi connectivity index (χ0v) is 6.51. The van der Waals surface area contributed by atoms with Crippen LogP contribution in [0.2, 0.25) is 0 Å². The Balaban J connectivity index is 2.50. The van der Waals surface area contributed by atoms with E-state index in [4.69, 9.17) is 5.73 Å². The highest BCUT2D eigenvalue weighted by atomic mass is 32.2. The topological polar surface area (TPSA) is 48.5 Å². The molecule has 0 bridgehead atoms. The van der Waals surface area contributed by atoms with Crippen LogP contribution in [0.25, 0.3) is 0 Å². The van der Waals surface area contributed by atoms with Crippen molar-refractivity contribution in [2.75, 3.05) is 0 Å². The van der Waals surface area contributed by atoms with E-state index in [-0.39, 0.29) is 0 Å². The highest BCUT2D eigenvalue weighted by Gasteiger charge is 2.14. The third-order valence-corrected chi connectivity index (χ3v) is 2.26. The van der Waals surface area contributed by atoms with Crippen molar-refractivity contribution in [3.05, 3.63) is 29.8 Å². The van der Waals surface area contributed by atoms with Gasteiger partial charge in [0.15, 0.2) is 6.17 Å². The maximum Gasteiger partial charge on any atom is 0.161 e. The van der Waals surface area contributed by atoms with Crippen LogP contribution < -0.4 is 5.73 Å². The smallest absolute Gasteiger partial charge is 0.161 e. The van der Waals surface area contributed by atoms with Crippen molar-refractivity contribution in [1.82, 2.24) is 5.73 Å². The van der Waals surface area contributed by atoms with Crippen molar-refractivity contribution in [3.8, 4) is 0 Å². The predicted octanol–water partition coefficient (Wildman–Crippen LogP) is 2.44. The second-order valence-electron chi connectivity index (χ2n) is 2.23. The quantitative estimate of drug-likeness (QED) is 0.543. The minimum atomic E-state index is -0.521. The van der Waals surface area contributed by atoms with Gasteiger partial charge < -0.3 is 0 Å². The minimum Gasteiger partial charge on any atom is -0.226 e. The van der Waals surface area contributed by atoms with E-state index >= 15 is 0 Å². The minimum absolute atomic E-state index is 0.521. The zero-order valence-electron chi connectivity index (χ0n) is 5.69. The van der Waals surface area contributed by atoms with Crippen LogP contribution in [0, 0.1) is 0 Å². The standard InChI is InChI=1S/C7H6N3S/c8-7-5-3-1-2-4-6(5)11-10-9-7/h1-4,7-8H. The summed E-state index contributed by atoms with van der Waals surface area (Å²) in [6.07, 6.45) is -0.521. The number of hydrogen-bond acceptors (Lipinski definition) is 3. The molecule has 0 aliphatic carbocycles. The SMILES string of the molecule is [NH]C1N=NSc2ccccc21. The Labute approximate surface area is 68.8 Å². The average Bonchev–Trinajstić information content (AvgIpc) is 2.06. The van der Waals surface area contributed by atoms with E-state index in [1.807, 2.05) is 24.3 Å². The Morgan fingerprint density at radius 2 is 2.18 bits per heavy atom. The summed E-state index contributed by atoms with van der Waals surface area (Å²) in [5, 5.41) is 3.73. The molecule has 2 rings (SSSR count). The lowest BCUT2D eigenvalue weighted by Crippen LogP contribution is -1.99. The Morgan fingerprint density at radius 3 is 3.00 bits per heavy atom. The summed E-state index contributed by atoms with van der Waals surface area (Å²) in [5.74, 6) is 0. The molecular weight excluding hydrogens is 158 g/mol. The molecular formula is C7H6N3S. The molecule has 1 heterocycles. The zero-order chi connectivity index (χ0) is 7.68. The van der Waals surface area contributed by atoms with Gasteiger partial charge in [-0.25, -0.2) is 5.73 Å². The molecule has 0 saturated heterocycles. The van der Waals surface area contributed by atoms with Crippen molar-refractivity contribution in [2.24, 2.45) is 9.63 Å². The normalized spacial score (nSPS) is 21.4. The van der Waals surface area contributed by atoms with Crippen molar-refractivity contribution in [1.29, 1.82) is 0 Å². The van der Waals surface area contributed by atoms with E-state index in [9.17, 15) is 0 Å². The van der Waals surface area contributed by atoms with Crippen LogP contribution in [-0.2, 0) is 0 Å². The molecule has 0 fully saturated rings. The molecule has 1 aromatic carbocycles. The Kier molecular flexibility index (Phi) is 1.63. The van der Waals surface area contributed by atoms with Crippen LogP contribution in [0.3, 0.4) is 0 Å². The van der Waals surface area contributed by atoms with Gasteiger partial charge in [-0.3, -0.25) is 0 Å². The first-order chi connectivity index (χ1) is 5.38. The molecule has 1 N–H and O–H groups in total. The third-order valence-electron chi connectivity index (χ3n) is 1.52. The van der Waals surface area contributed by atoms with Crippen molar-refractivity contribution in [3.63, 3.8) is 0 Å². The summed E-state index contributed by atoms with van der Waals surface area (Å²) in [4.78, 5) is 1.04. The number of fused-ring (bicyclic) bond motifs is 1. The van der Waals surface area contributed by atoms with Crippen molar-refractivity contribution in [2.45, 2.75) is 11.1 Å². The second kappa shape index (κ2) is 2.64. The molecule has 1 aliphatic rings. The van der Waals surface area contributed by atoms with Gasteiger partial charge in [0.25, 0.3) is 0 Å². The van der Waals surface area contributed by atoms with Gasteiger partial charge in [-0.05, 0) is 6.07 Å². The first kappa shape index (κ1) is 6.82. The van der Waals surface area contributed by atoms with E-state index in [0.29, 0.717) is 0 Å². The van der Waals surface area contributed by atoms with Gasteiger partial charge in [-0.15, -0.1) is 4.52 Å². The number of nitrogens with zero attached hydrogens (tertiary/aromatic N) is 2. The first-order valence-corrected chi connectivity index (χ1v) is 4.02. The molecule has 1 unspecified atom stereocenters. The fraction of sp³-hybridized carbons (Fsp3) is 0.143. The molecule has 1 radical (unpaired) electrons. The molecule has 0 saturated carbocycles. The largest absolute Gasteiger partial charge is 0.226 e. The van der Waals surface area contributed by atoms with Crippen LogP contribution >= 0.6 is 11.9 Å². The molecule has 1 aliphatic heterocycles. The lowest BCUT2D eigenvalue weighted by molar-refractivity contribution is 0.689. The summed E-state index contributed by atoms with van der Waals surface area (Å²) in [5.41, 5.74) is 8.43. The molecule has 1 atom stereocenters. The summed E-state index contributed by atoms with van der Waals surface area (Å²) >= 11 is 1.33. The van der Waals surface area contributed by atoms with Crippen LogP contribution in [0.5, 0.6) is 0 Å². The van der Waals surface area contributed by atoms with Crippen LogP contribution in [0.1, 0.15) is 11.7 Å².